The van der Waals surface area contributed by atoms with Crippen LogP contribution in [0.5, 0.6) is 0 Å². The van der Waals surface area contributed by atoms with Crippen LogP contribution in [-0.4, -0.2) is 72.4 Å². The Morgan fingerprint density at radius 3 is 2.14 bits per heavy atom. The highest BCUT2D eigenvalue weighted by atomic mass is 35.5. The Labute approximate surface area is 217 Å². The van der Waals surface area contributed by atoms with Gasteiger partial charge in [0.05, 0.1) is 23.8 Å². The van der Waals surface area contributed by atoms with Crippen molar-refractivity contribution in [3.8, 4) is 11.4 Å². The molecule has 2 fully saturated rings. The molecule has 0 unspecified atom stereocenters. The van der Waals surface area contributed by atoms with E-state index in [0.29, 0.717) is 91.6 Å². The van der Waals surface area contributed by atoms with Crippen LogP contribution in [-0.2, 0) is 10.7 Å². The second kappa shape index (κ2) is 10.3. The molecule has 190 valence electrons. The summed E-state index contributed by atoms with van der Waals surface area (Å²) in [5.41, 5.74) is 0.578. The number of hydrogen-bond donors (Lipinski definition) is 0. The summed E-state index contributed by atoms with van der Waals surface area (Å²) in [6.07, 6.45) is 1.54. The standard InChI is InChI=1S/C24H25Cl2F2N7O/c1-24(27,28)18-3-2-6-29-21(18)33-7-9-34(10-8-33)22-30-20(17-5-4-16(25)15-19(17)26)31-23(32-22)35-11-13-36-14-12-35/h2-6,15H,7-14H2,1H3. The van der Waals surface area contributed by atoms with Gasteiger partial charge in [0.15, 0.2) is 5.82 Å². The minimum Gasteiger partial charge on any atom is -0.378 e. The van der Waals surface area contributed by atoms with Crippen LogP contribution < -0.4 is 14.7 Å². The van der Waals surface area contributed by atoms with E-state index < -0.39 is 5.92 Å². The molecular weight excluding hydrogens is 511 g/mol. The van der Waals surface area contributed by atoms with Gasteiger partial charge in [0.2, 0.25) is 11.9 Å². The van der Waals surface area contributed by atoms with Crippen LogP contribution in [0.2, 0.25) is 10.0 Å². The fourth-order valence-electron chi connectivity index (χ4n) is 4.30. The van der Waals surface area contributed by atoms with Crippen LogP contribution in [0.15, 0.2) is 36.5 Å². The van der Waals surface area contributed by atoms with Crippen molar-refractivity contribution >= 4 is 40.9 Å². The van der Waals surface area contributed by atoms with E-state index >= 15 is 0 Å². The first-order valence-electron chi connectivity index (χ1n) is 11.7. The monoisotopic (exact) mass is 535 g/mol. The van der Waals surface area contributed by atoms with E-state index in [-0.39, 0.29) is 5.56 Å². The number of morpholine rings is 1. The molecule has 0 atom stereocenters. The highest BCUT2D eigenvalue weighted by Crippen LogP contribution is 2.34. The maximum Gasteiger partial charge on any atom is 0.274 e. The summed E-state index contributed by atoms with van der Waals surface area (Å²) in [7, 11) is 0. The molecule has 4 heterocycles. The lowest BCUT2D eigenvalue weighted by atomic mass is 10.1. The predicted molar refractivity (Wildman–Crippen MR) is 137 cm³/mol. The number of ether oxygens (including phenoxy) is 1. The molecule has 0 amide bonds. The zero-order valence-electron chi connectivity index (χ0n) is 19.7. The Morgan fingerprint density at radius 1 is 0.861 bits per heavy atom. The van der Waals surface area contributed by atoms with Crippen molar-refractivity contribution in [3.05, 3.63) is 52.1 Å². The normalized spacial score (nSPS) is 17.0. The predicted octanol–water partition coefficient (Wildman–Crippen LogP) is 4.52. The van der Waals surface area contributed by atoms with Crippen molar-refractivity contribution in [2.75, 3.05) is 67.2 Å². The van der Waals surface area contributed by atoms with E-state index in [1.165, 1.54) is 12.1 Å². The Balaban J connectivity index is 1.43. The highest BCUT2D eigenvalue weighted by Gasteiger charge is 2.32. The fourth-order valence-corrected chi connectivity index (χ4v) is 4.79. The average Bonchev–Trinajstić information content (AvgIpc) is 2.88. The third kappa shape index (κ3) is 5.30. The zero-order chi connectivity index (χ0) is 25.3. The summed E-state index contributed by atoms with van der Waals surface area (Å²) in [4.78, 5) is 24.4. The number of piperazine rings is 1. The number of rotatable bonds is 5. The molecule has 0 saturated carbocycles. The maximum atomic E-state index is 14.2. The smallest absolute Gasteiger partial charge is 0.274 e. The number of nitrogens with zero attached hydrogens (tertiary/aromatic N) is 7. The molecular formula is C24H25Cl2F2N7O. The topological polar surface area (TPSA) is 70.5 Å². The van der Waals surface area contributed by atoms with Crippen molar-refractivity contribution in [1.82, 2.24) is 19.9 Å². The number of halogens is 4. The molecule has 36 heavy (non-hydrogen) atoms. The molecule has 0 bridgehead atoms. The van der Waals surface area contributed by atoms with Crippen molar-refractivity contribution in [2.45, 2.75) is 12.8 Å². The van der Waals surface area contributed by atoms with Gasteiger partial charge in [-0.1, -0.05) is 23.2 Å². The summed E-state index contributed by atoms with van der Waals surface area (Å²) in [6.45, 7) is 5.46. The number of benzene rings is 1. The third-order valence-electron chi connectivity index (χ3n) is 6.20. The molecule has 3 aromatic rings. The molecule has 2 aromatic heterocycles. The molecule has 2 aliphatic heterocycles. The van der Waals surface area contributed by atoms with Crippen molar-refractivity contribution < 1.29 is 13.5 Å². The first-order chi connectivity index (χ1) is 17.3. The Bertz CT molecular complexity index is 1230. The van der Waals surface area contributed by atoms with Crippen LogP contribution in [0.3, 0.4) is 0 Å². The summed E-state index contributed by atoms with van der Waals surface area (Å²) < 4.78 is 33.8. The Hall–Kier alpha value is -2.82. The molecule has 2 saturated heterocycles. The first kappa shape index (κ1) is 24.9. The number of aromatic nitrogens is 4. The fraction of sp³-hybridized carbons (Fsp3) is 0.417. The summed E-state index contributed by atoms with van der Waals surface area (Å²) in [5, 5.41) is 0.967. The van der Waals surface area contributed by atoms with E-state index in [2.05, 4.69) is 9.88 Å². The van der Waals surface area contributed by atoms with Crippen LogP contribution >= 0.6 is 23.2 Å². The van der Waals surface area contributed by atoms with Gasteiger partial charge < -0.3 is 19.4 Å². The van der Waals surface area contributed by atoms with Gasteiger partial charge in [-0.15, -0.1) is 0 Å². The first-order valence-corrected chi connectivity index (χ1v) is 12.4. The average molecular weight is 536 g/mol. The summed E-state index contributed by atoms with van der Waals surface area (Å²) >= 11 is 12.6. The minimum absolute atomic E-state index is 0.0760. The van der Waals surface area contributed by atoms with Gasteiger partial charge in [-0.25, -0.2) is 13.8 Å². The molecule has 5 rings (SSSR count). The van der Waals surface area contributed by atoms with Crippen LogP contribution in [0.25, 0.3) is 11.4 Å². The molecule has 1 aromatic carbocycles. The largest absolute Gasteiger partial charge is 0.378 e. The maximum absolute atomic E-state index is 14.2. The van der Waals surface area contributed by atoms with Crippen molar-refractivity contribution in [2.24, 2.45) is 0 Å². The number of hydrogen-bond acceptors (Lipinski definition) is 8. The second-order valence-electron chi connectivity index (χ2n) is 8.72. The van der Waals surface area contributed by atoms with Crippen molar-refractivity contribution in [3.63, 3.8) is 0 Å². The van der Waals surface area contributed by atoms with Crippen molar-refractivity contribution in [1.29, 1.82) is 0 Å². The van der Waals surface area contributed by atoms with E-state index in [9.17, 15) is 8.78 Å². The van der Waals surface area contributed by atoms with E-state index in [1.54, 1.807) is 24.4 Å². The van der Waals surface area contributed by atoms with Crippen LogP contribution in [0.1, 0.15) is 12.5 Å². The van der Waals surface area contributed by atoms with E-state index in [0.717, 1.165) is 6.92 Å². The van der Waals surface area contributed by atoms with Crippen LogP contribution in [0.4, 0.5) is 26.5 Å². The van der Waals surface area contributed by atoms with Gasteiger partial charge in [0, 0.05) is 63.0 Å². The van der Waals surface area contributed by atoms with Gasteiger partial charge in [-0.2, -0.15) is 15.0 Å². The zero-order valence-corrected chi connectivity index (χ0v) is 21.2. The van der Waals surface area contributed by atoms with Gasteiger partial charge in [-0.3, -0.25) is 0 Å². The second-order valence-corrected chi connectivity index (χ2v) is 9.56. The molecule has 2 aliphatic rings. The SMILES string of the molecule is CC(F)(F)c1cccnc1N1CCN(c2nc(-c3ccc(Cl)cc3Cl)nc(N3CCOCC3)n2)CC1. The molecule has 0 N–H and O–H groups in total. The summed E-state index contributed by atoms with van der Waals surface area (Å²) in [6, 6.07) is 8.15. The molecule has 0 radical (unpaired) electrons. The van der Waals surface area contributed by atoms with Gasteiger partial charge in [-0.05, 0) is 30.3 Å². The lowest BCUT2D eigenvalue weighted by Gasteiger charge is -2.37. The Kier molecular flexibility index (Phi) is 7.09. The quantitative estimate of drug-likeness (QED) is 0.472. The van der Waals surface area contributed by atoms with Gasteiger partial charge >= 0.3 is 0 Å². The molecule has 0 spiro atoms. The third-order valence-corrected chi connectivity index (χ3v) is 6.75. The van der Waals surface area contributed by atoms with E-state index in [4.69, 9.17) is 42.9 Å². The molecule has 12 heteroatoms. The van der Waals surface area contributed by atoms with Gasteiger partial charge in [0.1, 0.15) is 5.82 Å². The highest BCUT2D eigenvalue weighted by molar-refractivity contribution is 6.36. The number of pyridine rings is 1. The van der Waals surface area contributed by atoms with Gasteiger partial charge in [0.25, 0.3) is 5.92 Å². The lowest BCUT2D eigenvalue weighted by molar-refractivity contribution is 0.0176. The summed E-state index contributed by atoms with van der Waals surface area (Å²) in [5.74, 6) is -1.17. The molecule has 0 aliphatic carbocycles. The van der Waals surface area contributed by atoms with Crippen LogP contribution in [0, 0.1) is 0 Å². The minimum atomic E-state index is -2.98. The molecule has 8 nitrogen and oxygen atoms in total. The number of alkyl halides is 2. The number of anilines is 3. The lowest BCUT2D eigenvalue weighted by Crippen LogP contribution is -2.48. The van der Waals surface area contributed by atoms with E-state index in [1.807, 2.05) is 9.80 Å². The Morgan fingerprint density at radius 2 is 1.50 bits per heavy atom.